The molecular formula is C14H11FN2O3S. The summed E-state index contributed by atoms with van der Waals surface area (Å²) in [6, 6.07) is 7.41. The Labute approximate surface area is 124 Å². The fourth-order valence-electron chi connectivity index (χ4n) is 1.80. The van der Waals surface area contributed by atoms with E-state index in [0.717, 1.165) is 18.2 Å². The van der Waals surface area contributed by atoms with Crippen LogP contribution in [0.15, 0.2) is 36.4 Å². The van der Waals surface area contributed by atoms with Crippen molar-refractivity contribution in [2.24, 2.45) is 5.73 Å². The van der Waals surface area contributed by atoms with Crippen LogP contribution in [0, 0.1) is 5.82 Å². The van der Waals surface area contributed by atoms with Crippen LogP contribution in [0.3, 0.4) is 0 Å². The van der Waals surface area contributed by atoms with Gasteiger partial charge in [-0.3, -0.25) is 4.79 Å². The lowest BCUT2D eigenvalue weighted by atomic mass is 10.1. The first-order chi connectivity index (χ1) is 9.88. The predicted octanol–water partition coefficient (Wildman–Crippen LogP) is 2.12. The van der Waals surface area contributed by atoms with Crippen molar-refractivity contribution in [3.63, 3.8) is 0 Å². The van der Waals surface area contributed by atoms with Gasteiger partial charge in [-0.25, -0.2) is 4.39 Å². The van der Waals surface area contributed by atoms with Crippen LogP contribution in [-0.2, 0) is 0 Å². The lowest BCUT2D eigenvalue weighted by Gasteiger charge is -2.11. The number of nitrogens with one attached hydrogen (secondary N) is 1. The van der Waals surface area contributed by atoms with Crippen LogP contribution in [0.4, 0.5) is 10.1 Å². The Hall–Kier alpha value is -2.67. The standard InChI is InChI=1S/C14H11FN2O3S/c15-10-2-1-3-11(12(10)13(16)21)17-14(20)7-4-8(18)6-9(19)5-7/h1-6,18-19H,(H2,16,21)(H,17,20). The van der Waals surface area contributed by atoms with E-state index in [-0.39, 0.29) is 33.3 Å². The van der Waals surface area contributed by atoms with Crippen LogP contribution >= 0.6 is 12.2 Å². The molecule has 0 aliphatic carbocycles. The molecule has 108 valence electrons. The third-order valence-electron chi connectivity index (χ3n) is 2.67. The molecule has 0 aliphatic heterocycles. The van der Waals surface area contributed by atoms with E-state index in [4.69, 9.17) is 18.0 Å². The van der Waals surface area contributed by atoms with E-state index >= 15 is 0 Å². The third kappa shape index (κ3) is 3.26. The monoisotopic (exact) mass is 306 g/mol. The second-order valence-electron chi connectivity index (χ2n) is 4.22. The van der Waals surface area contributed by atoms with Crippen LogP contribution in [-0.4, -0.2) is 21.1 Å². The number of benzene rings is 2. The summed E-state index contributed by atoms with van der Waals surface area (Å²) in [5, 5.41) is 21.1. The quantitative estimate of drug-likeness (QED) is 0.652. The van der Waals surface area contributed by atoms with Crippen LogP contribution in [0.2, 0.25) is 0 Å². The number of hydrogen-bond donors (Lipinski definition) is 4. The van der Waals surface area contributed by atoms with Gasteiger partial charge in [0, 0.05) is 11.6 Å². The van der Waals surface area contributed by atoms with Crippen LogP contribution < -0.4 is 11.1 Å². The fraction of sp³-hybridized carbons (Fsp3) is 0. The van der Waals surface area contributed by atoms with Gasteiger partial charge in [-0.15, -0.1) is 0 Å². The van der Waals surface area contributed by atoms with Gasteiger partial charge in [0.1, 0.15) is 22.3 Å². The average molecular weight is 306 g/mol. The number of amides is 1. The molecule has 0 atom stereocenters. The molecule has 2 aromatic rings. The second kappa shape index (κ2) is 5.76. The molecule has 0 bridgehead atoms. The number of carbonyl (C=O) groups is 1. The molecule has 2 aromatic carbocycles. The molecule has 0 spiro atoms. The molecule has 7 heteroatoms. The van der Waals surface area contributed by atoms with Gasteiger partial charge in [-0.2, -0.15) is 0 Å². The Morgan fingerprint density at radius 3 is 2.38 bits per heavy atom. The molecule has 21 heavy (non-hydrogen) atoms. The first-order valence-electron chi connectivity index (χ1n) is 5.81. The highest BCUT2D eigenvalue weighted by Gasteiger charge is 2.15. The van der Waals surface area contributed by atoms with Crippen LogP contribution in [0.1, 0.15) is 15.9 Å². The number of rotatable bonds is 3. The smallest absolute Gasteiger partial charge is 0.255 e. The highest BCUT2D eigenvalue weighted by molar-refractivity contribution is 7.80. The summed E-state index contributed by atoms with van der Waals surface area (Å²) >= 11 is 4.75. The van der Waals surface area contributed by atoms with E-state index in [9.17, 15) is 19.4 Å². The molecule has 0 heterocycles. The van der Waals surface area contributed by atoms with E-state index in [1.807, 2.05) is 0 Å². The van der Waals surface area contributed by atoms with Crippen LogP contribution in [0.25, 0.3) is 0 Å². The Balaban J connectivity index is 2.36. The first kappa shape index (κ1) is 14.7. The van der Waals surface area contributed by atoms with Gasteiger partial charge >= 0.3 is 0 Å². The van der Waals surface area contributed by atoms with Gasteiger partial charge in [0.15, 0.2) is 0 Å². The lowest BCUT2D eigenvalue weighted by molar-refractivity contribution is 0.102. The topological polar surface area (TPSA) is 95.6 Å². The average Bonchev–Trinajstić information content (AvgIpc) is 2.37. The molecule has 0 aliphatic rings. The summed E-state index contributed by atoms with van der Waals surface area (Å²) in [6.45, 7) is 0. The molecule has 2 rings (SSSR count). The molecule has 0 saturated heterocycles. The number of phenolic OH excluding ortho intramolecular Hbond substituents is 2. The van der Waals surface area contributed by atoms with Crippen molar-refractivity contribution >= 4 is 28.8 Å². The predicted molar refractivity (Wildman–Crippen MR) is 80.0 cm³/mol. The number of thiocarbonyl (C=S) groups is 1. The minimum atomic E-state index is -0.654. The minimum Gasteiger partial charge on any atom is -0.508 e. The van der Waals surface area contributed by atoms with Crippen molar-refractivity contribution < 1.29 is 19.4 Å². The van der Waals surface area contributed by atoms with Crippen molar-refractivity contribution in [1.29, 1.82) is 0 Å². The van der Waals surface area contributed by atoms with E-state index < -0.39 is 11.7 Å². The fourth-order valence-corrected chi connectivity index (χ4v) is 2.01. The van der Waals surface area contributed by atoms with E-state index in [1.165, 1.54) is 18.2 Å². The molecule has 0 aromatic heterocycles. The van der Waals surface area contributed by atoms with Gasteiger partial charge < -0.3 is 21.3 Å². The number of anilines is 1. The summed E-state index contributed by atoms with van der Waals surface area (Å²) in [5.41, 5.74) is 5.47. The highest BCUT2D eigenvalue weighted by atomic mass is 32.1. The maximum Gasteiger partial charge on any atom is 0.255 e. The zero-order chi connectivity index (χ0) is 15.6. The Kier molecular flexibility index (Phi) is 4.04. The van der Waals surface area contributed by atoms with Crippen molar-refractivity contribution in [1.82, 2.24) is 0 Å². The summed E-state index contributed by atoms with van der Waals surface area (Å²) in [5.74, 6) is -1.84. The molecule has 5 N–H and O–H groups in total. The Morgan fingerprint density at radius 1 is 1.19 bits per heavy atom. The molecule has 0 saturated carbocycles. The Bertz CT molecular complexity index is 714. The van der Waals surface area contributed by atoms with Crippen LogP contribution in [0.5, 0.6) is 11.5 Å². The molecule has 5 nitrogen and oxygen atoms in total. The number of halogens is 1. The van der Waals surface area contributed by atoms with Gasteiger partial charge in [-0.05, 0) is 24.3 Å². The number of phenols is 2. The lowest BCUT2D eigenvalue weighted by Crippen LogP contribution is -2.19. The molecular weight excluding hydrogens is 295 g/mol. The SMILES string of the molecule is NC(=S)c1c(F)cccc1NC(=O)c1cc(O)cc(O)c1. The Morgan fingerprint density at radius 2 is 1.81 bits per heavy atom. The summed E-state index contributed by atoms with van der Waals surface area (Å²) in [6.07, 6.45) is 0. The number of aromatic hydroxyl groups is 2. The zero-order valence-electron chi connectivity index (χ0n) is 10.6. The normalized spacial score (nSPS) is 10.1. The van der Waals surface area contributed by atoms with Gasteiger partial charge in [0.05, 0.1) is 11.3 Å². The van der Waals surface area contributed by atoms with Gasteiger partial charge in [0.2, 0.25) is 0 Å². The van der Waals surface area contributed by atoms with Crippen molar-refractivity contribution in [3.8, 4) is 11.5 Å². The molecule has 0 radical (unpaired) electrons. The van der Waals surface area contributed by atoms with Gasteiger partial charge in [-0.1, -0.05) is 18.3 Å². The molecule has 1 amide bonds. The van der Waals surface area contributed by atoms with Crippen molar-refractivity contribution in [3.05, 3.63) is 53.3 Å². The maximum atomic E-state index is 13.7. The summed E-state index contributed by atoms with van der Waals surface area (Å²) in [7, 11) is 0. The van der Waals surface area contributed by atoms with E-state index in [0.29, 0.717) is 0 Å². The van der Waals surface area contributed by atoms with Crippen molar-refractivity contribution in [2.75, 3.05) is 5.32 Å². The van der Waals surface area contributed by atoms with E-state index in [2.05, 4.69) is 5.32 Å². The molecule has 0 fully saturated rings. The first-order valence-corrected chi connectivity index (χ1v) is 6.22. The summed E-state index contributed by atoms with van der Waals surface area (Å²) in [4.78, 5) is 11.9. The second-order valence-corrected chi connectivity index (χ2v) is 4.66. The third-order valence-corrected chi connectivity index (χ3v) is 2.88. The highest BCUT2D eigenvalue weighted by Crippen LogP contribution is 2.23. The van der Waals surface area contributed by atoms with Gasteiger partial charge in [0.25, 0.3) is 5.91 Å². The number of nitrogens with two attached hydrogens (primary N) is 1. The number of hydrogen-bond acceptors (Lipinski definition) is 4. The van der Waals surface area contributed by atoms with Crippen molar-refractivity contribution in [2.45, 2.75) is 0 Å². The zero-order valence-corrected chi connectivity index (χ0v) is 11.4. The van der Waals surface area contributed by atoms with E-state index in [1.54, 1.807) is 0 Å². The summed E-state index contributed by atoms with van der Waals surface area (Å²) < 4.78 is 13.7. The number of carbonyl (C=O) groups excluding carboxylic acids is 1. The largest absolute Gasteiger partial charge is 0.508 e. The maximum absolute atomic E-state index is 13.7. The molecule has 0 unspecified atom stereocenters. The minimum absolute atomic E-state index is 0.00523.